The molecule has 144 valence electrons. The minimum atomic E-state index is 0.165. The van der Waals surface area contributed by atoms with E-state index in [1.807, 2.05) is 17.9 Å². The normalized spacial score (nSPS) is 19.0. The molecule has 2 aliphatic heterocycles. The Balaban J connectivity index is 1.27. The van der Waals surface area contributed by atoms with E-state index in [1.165, 1.54) is 0 Å². The van der Waals surface area contributed by atoms with Gasteiger partial charge in [-0.15, -0.1) is 11.3 Å². The lowest BCUT2D eigenvalue weighted by atomic mass is 9.89. The molecule has 3 aromatic rings. The molecule has 0 radical (unpaired) electrons. The monoisotopic (exact) mass is 393 g/mol. The Morgan fingerprint density at radius 3 is 2.71 bits per heavy atom. The largest absolute Gasteiger partial charge is 0.378 e. The number of rotatable bonds is 5. The molecule has 28 heavy (non-hydrogen) atoms. The van der Waals surface area contributed by atoms with Crippen LogP contribution in [0.25, 0.3) is 21.2 Å². The third kappa shape index (κ3) is 3.60. The molecule has 0 N–H and O–H groups in total. The first kappa shape index (κ1) is 17.9. The molecule has 2 aromatic heterocycles. The van der Waals surface area contributed by atoms with Gasteiger partial charge in [-0.3, -0.25) is 19.7 Å². The topological polar surface area (TPSA) is 55.3 Å². The highest BCUT2D eigenvalue weighted by Crippen LogP contribution is 2.28. The summed E-state index contributed by atoms with van der Waals surface area (Å²) < 4.78 is 5.29. The molecule has 0 aliphatic carbocycles. The zero-order valence-electron chi connectivity index (χ0n) is 15.7. The number of benzene rings is 1. The van der Waals surface area contributed by atoms with Crippen LogP contribution in [0.15, 0.2) is 42.2 Å². The highest BCUT2D eigenvalue weighted by Gasteiger charge is 2.31. The van der Waals surface area contributed by atoms with E-state index in [9.17, 15) is 4.79 Å². The molecule has 0 spiro atoms. The Morgan fingerprint density at radius 2 is 2.00 bits per heavy atom. The molecule has 0 saturated carbocycles. The predicted octanol–water partition coefficient (Wildman–Crippen LogP) is 3.58. The van der Waals surface area contributed by atoms with Gasteiger partial charge in [0.2, 0.25) is 0 Å². The van der Waals surface area contributed by atoms with Crippen molar-refractivity contribution in [3.63, 3.8) is 0 Å². The smallest absolute Gasteiger partial charge is 0.142 e. The third-order valence-corrected chi connectivity index (χ3v) is 6.79. The summed E-state index contributed by atoms with van der Waals surface area (Å²) in [6, 6.07) is 8.99. The number of ether oxygens (including phenoxy) is 1. The Bertz CT molecular complexity index is 977. The van der Waals surface area contributed by atoms with E-state index in [0.717, 1.165) is 66.1 Å². The van der Waals surface area contributed by atoms with Gasteiger partial charge in [-0.25, -0.2) is 0 Å². The van der Waals surface area contributed by atoms with Gasteiger partial charge in [0, 0.05) is 35.8 Å². The number of carbonyl (C=O) groups excluding carboxylic acids is 1. The second-order valence-corrected chi connectivity index (χ2v) is 8.63. The number of carbonyl (C=O) groups is 1. The van der Waals surface area contributed by atoms with E-state index in [1.54, 1.807) is 11.3 Å². The summed E-state index contributed by atoms with van der Waals surface area (Å²) >= 11 is 1.63. The van der Waals surface area contributed by atoms with Gasteiger partial charge in [0.05, 0.1) is 29.6 Å². The van der Waals surface area contributed by atoms with E-state index in [4.69, 9.17) is 4.74 Å². The van der Waals surface area contributed by atoms with Gasteiger partial charge < -0.3 is 4.74 Å². The lowest BCUT2D eigenvalue weighted by Crippen LogP contribution is -2.52. The molecule has 5 rings (SSSR count). The van der Waals surface area contributed by atoms with Crippen LogP contribution in [0.3, 0.4) is 0 Å². The zero-order chi connectivity index (χ0) is 18.9. The summed E-state index contributed by atoms with van der Waals surface area (Å²) in [6.45, 7) is 3.72. The molecule has 4 heterocycles. The van der Waals surface area contributed by atoms with Crippen molar-refractivity contribution in [2.75, 3.05) is 26.3 Å². The van der Waals surface area contributed by atoms with Crippen LogP contribution in [0.5, 0.6) is 0 Å². The zero-order valence-corrected chi connectivity index (χ0v) is 16.5. The molecule has 0 amide bonds. The van der Waals surface area contributed by atoms with Gasteiger partial charge in [-0.05, 0) is 49.0 Å². The van der Waals surface area contributed by atoms with Gasteiger partial charge in [-0.1, -0.05) is 12.1 Å². The van der Waals surface area contributed by atoms with E-state index in [0.29, 0.717) is 18.2 Å². The molecular weight excluding hydrogens is 370 g/mol. The molecule has 0 atom stereocenters. The standard InChI is InChI=1S/C22H23N3O2S/c26-21(15-3-5-25(6-4-15)20-12-27-13-20)9-19-8-18-7-16(22-11-23-14-28-22)1-2-17(18)10-24-19/h1-2,7-8,10-11,14-15,20H,3-6,9,12-13H2. The van der Waals surface area contributed by atoms with Crippen molar-refractivity contribution >= 4 is 27.9 Å². The van der Waals surface area contributed by atoms with Crippen LogP contribution in [0.2, 0.25) is 0 Å². The van der Waals surface area contributed by atoms with Crippen LogP contribution < -0.4 is 0 Å². The summed E-state index contributed by atoms with van der Waals surface area (Å²) in [5, 5.41) is 2.23. The molecule has 6 heteroatoms. The number of Topliss-reactive ketones (excluding diaryl/α,β-unsaturated/α-hetero) is 1. The molecule has 0 unspecified atom stereocenters. The van der Waals surface area contributed by atoms with E-state index in [2.05, 4.69) is 39.1 Å². The second-order valence-electron chi connectivity index (χ2n) is 7.75. The Labute approximate surface area is 168 Å². The number of likely N-dealkylation sites (tertiary alicyclic amines) is 1. The van der Waals surface area contributed by atoms with E-state index >= 15 is 0 Å². The number of ketones is 1. The summed E-state index contributed by atoms with van der Waals surface area (Å²) in [6.07, 6.45) is 6.11. The van der Waals surface area contributed by atoms with Gasteiger partial charge in [0.1, 0.15) is 5.78 Å². The van der Waals surface area contributed by atoms with Gasteiger partial charge in [0.15, 0.2) is 0 Å². The fourth-order valence-corrected chi connectivity index (χ4v) is 4.76. The van der Waals surface area contributed by atoms with Crippen LogP contribution in [0, 0.1) is 5.92 Å². The molecule has 5 nitrogen and oxygen atoms in total. The number of piperidine rings is 1. The number of hydrogen-bond donors (Lipinski definition) is 0. The maximum atomic E-state index is 12.8. The SMILES string of the molecule is O=C(Cc1cc2cc(-c3cncs3)ccc2cn1)C1CCN(C2COC2)CC1. The fraction of sp³-hybridized carbons (Fsp3) is 0.409. The number of nitrogens with zero attached hydrogens (tertiary/aromatic N) is 3. The number of hydrogen-bond acceptors (Lipinski definition) is 6. The predicted molar refractivity (Wildman–Crippen MR) is 110 cm³/mol. The average Bonchev–Trinajstić information content (AvgIpc) is 3.21. The maximum absolute atomic E-state index is 12.8. The molecule has 0 bridgehead atoms. The fourth-order valence-electron chi connectivity index (χ4n) is 4.14. The lowest BCUT2D eigenvalue weighted by Gasteiger charge is -2.41. The number of thiazole rings is 1. The number of aromatic nitrogens is 2. The van der Waals surface area contributed by atoms with Crippen LogP contribution in [0.1, 0.15) is 18.5 Å². The Kier molecular flexibility index (Phi) is 4.93. The molecule has 2 saturated heterocycles. The van der Waals surface area contributed by atoms with E-state index < -0.39 is 0 Å². The van der Waals surface area contributed by atoms with Gasteiger partial charge >= 0.3 is 0 Å². The average molecular weight is 394 g/mol. The molecular formula is C22H23N3O2S. The quantitative estimate of drug-likeness (QED) is 0.663. The summed E-state index contributed by atoms with van der Waals surface area (Å²) in [7, 11) is 0. The van der Waals surface area contributed by atoms with Gasteiger partial charge in [-0.2, -0.15) is 0 Å². The van der Waals surface area contributed by atoms with Crippen molar-refractivity contribution in [2.24, 2.45) is 5.92 Å². The number of pyridine rings is 1. The van der Waals surface area contributed by atoms with E-state index in [-0.39, 0.29) is 5.92 Å². The van der Waals surface area contributed by atoms with Crippen LogP contribution in [0.4, 0.5) is 0 Å². The van der Waals surface area contributed by atoms with Gasteiger partial charge in [0.25, 0.3) is 0 Å². The minimum absolute atomic E-state index is 0.165. The summed E-state index contributed by atoms with van der Waals surface area (Å²) in [4.78, 5) is 25.2. The van der Waals surface area contributed by atoms with Crippen molar-refractivity contribution in [2.45, 2.75) is 25.3 Å². The molecule has 2 aliphatic rings. The van der Waals surface area contributed by atoms with Crippen LogP contribution >= 0.6 is 11.3 Å². The first-order chi connectivity index (χ1) is 13.8. The third-order valence-electron chi connectivity index (χ3n) is 5.97. The van der Waals surface area contributed by atoms with Crippen molar-refractivity contribution in [3.8, 4) is 10.4 Å². The highest BCUT2D eigenvalue weighted by atomic mass is 32.1. The first-order valence-corrected chi connectivity index (χ1v) is 10.8. The minimum Gasteiger partial charge on any atom is -0.378 e. The maximum Gasteiger partial charge on any atom is 0.142 e. The van der Waals surface area contributed by atoms with Crippen molar-refractivity contribution < 1.29 is 9.53 Å². The molecule has 2 fully saturated rings. The summed E-state index contributed by atoms with van der Waals surface area (Å²) in [5.74, 6) is 0.494. The second kappa shape index (κ2) is 7.70. The summed E-state index contributed by atoms with van der Waals surface area (Å²) in [5.41, 5.74) is 3.87. The van der Waals surface area contributed by atoms with Crippen LogP contribution in [-0.4, -0.2) is 53.0 Å². The Hall–Kier alpha value is -2.15. The van der Waals surface area contributed by atoms with Crippen molar-refractivity contribution in [1.82, 2.24) is 14.9 Å². The highest BCUT2D eigenvalue weighted by molar-refractivity contribution is 7.13. The van der Waals surface area contributed by atoms with Crippen molar-refractivity contribution in [1.29, 1.82) is 0 Å². The first-order valence-electron chi connectivity index (χ1n) is 9.88. The number of fused-ring (bicyclic) bond motifs is 1. The Morgan fingerprint density at radius 1 is 1.14 bits per heavy atom. The lowest BCUT2D eigenvalue weighted by molar-refractivity contribution is -0.125. The van der Waals surface area contributed by atoms with Crippen LogP contribution in [-0.2, 0) is 16.0 Å². The molecule has 1 aromatic carbocycles. The van der Waals surface area contributed by atoms with Crippen molar-refractivity contribution in [3.05, 3.63) is 47.9 Å².